The van der Waals surface area contributed by atoms with Gasteiger partial charge in [0.1, 0.15) is 0 Å². The summed E-state index contributed by atoms with van der Waals surface area (Å²) in [6.45, 7) is 8.38. The van der Waals surface area contributed by atoms with Crippen LogP contribution in [0.4, 0.5) is 0 Å². The van der Waals surface area contributed by atoms with Gasteiger partial charge in [-0.25, -0.2) is 0 Å². The Kier molecular flexibility index (Phi) is 8.20. The molecule has 0 heterocycles. The zero-order valence-electron chi connectivity index (χ0n) is 13.7. The average molecular weight is 282 g/mol. The number of rotatable bonds is 8. The Morgan fingerprint density at radius 1 is 1.30 bits per heavy atom. The van der Waals surface area contributed by atoms with E-state index in [0.717, 1.165) is 31.8 Å². The molecule has 118 valence electrons. The summed E-state index contributed by atoms with van der Waals surface area (Å²) in [5, 5.41) is 3.14. The highest BCUT2D eigenvalue weighted by molar-refractivity contribution is 5.75. The standard InChI is InChI=1S/C17H34N2O/c1-13(2)16(9-10-18)7-8-17(20)19-12-15-6-4-5-14(3)11-15/h13-16H,4-12,18H2,1-3H3,(H,19,20). The van der Waals surface area contributed by atoms with E-state index in [0.29, 0.717) is 24.2 Å². The van der Waals surface area contributed by atoms with Gasteiger partial charge in [-0.2, -0.15) is 0 Å². The summed E-state index contributed by atoms with van der Waals surface area (Å²) in [6, 6.07) is 0. The Bertz CT molecular complexity index is 278. The lowest BCUT2D eigenvalue weighted by atomic mass is 9.82. The average Bonchev–Trinajstić information content (AvgIpc) is 2.41. The largest absolute Gasteiger partial charge is 0.356 e. The SMILES string of the molecule is CC1CCCC(CNC(=O)CCC(CCN)C(C)C)C1. The molecule has 3 heteroatoms. The zero-order chi connectivity index (χ0) is 15.0. The molecule has 1 fully saturated rings. The molecular formula is C17H34N2O. The van der Waals surface area contributed by atoms with E-state index in [9.17, 15) is 4.79 Å². The van der Waals surface area contributed by atoms with Crippen LogP contribution in [0.25, 0.3) is 0 Å². The molecule has 20 heavy (non-hydrogen) atoms. The molecular weight excluding hydrogens is 248 g/mol. The summed E-state index contributed by atoms with van der Waals surface area (Å²) in [4.78, 5) is 12.0. The molecule has 1 aliphatic carbocycles. The fourth-order valence-electron chi connectivity index (χ4n) is 3.43. The molecule has 1 aliphatic rings. The summed E-state index contributed by atoms with van der Waals surface area (Å²) < 4.78 is 0. The summed E-state index contributed by atoms with van der Waals surface area (Å²) in [7, 11) is 0. The number of nitrogens with two attached hydrogens (primary N) is 1. The Hall–Kier alpha value is -0.570. The van der Waals surface area contributed by atoms with Crippen LogP contribution in [0, 0.1) is 23.7 Å². The Morgan fingerprint density at radius 3 is 2.65 bits per heavy atom. The van der Waals surface area contributed by atoms with Crippen molar-refractivity contribution in [2.45, 2.75) is 65.7 Å². The van der Waals surface area contributed by atoms with E-state index in [2.05, 4.69) is 26.1 Å². The second-order valence-corrected chi connectivity index (χ2v) is 7.06. The fourth-order valence-corrected chi connectivity index (χ4v) is 3.43. The van der Waals surface area contributed by atoms with Crippen molar-refractivity contribution in [2.75, 3.05) is 13.1 Å². The van der Waals surface area contributed by atoms with Crippen LogP contribution in [-0.2, 0) is 4.79 Å². The van der Waals surface area contributed by atoms with Crippen LogP contribution in [0.15, 0.2) is 0 Å². The van der Waals surface area contributed by atoms with Gasteiger partial charge in [0, 0.05) is 13.0 Å². The molecule has 0 aromatic heterocycles. The summed E-state index contributed by atoms with van der Waals surface area (Å²) in [5.74, 6) is 2.96. The molecule has 3 nitrogen and oxygen atoms in total. The summed E-state index contributed by atoms with van der Waals surface area (Å²) in [5.41, 5.74) is 5.64. The number of hydrogen-bond acceptors (Lipinski definition) is 2. The molecule has 1 saturated carbocycles. The molecule has 1 rings (SSSR count). The van der Waals surface area contributed by atoms with E-state index in [1.165, 1.54) is 25.7 Å². The monoisotopic (exact) mass is 282 g/mol. The van der Waals surface area contributed by atoms with Gasteiger partial charge >= 0.3 is 0 Å². The third-order valence-corrected chi connectivity index (χ3v) is 4.86. The first-order chi connectivity index (χ1) is 9.52. The van der Waals surface area contributed by atoms with Crippen LogP contribution >= 0.6 is 0 Å². The first-order valence-corrected chi connectivity index (χ1v) is 8.49. The van der Waals surface area contributed by atoms with Crippen LogP contribution in [0.3, 0.4) is 0 Å². The van der Waals surface area contributed by atoms with Crippen LogP contribution in [-0.4, -0.2) is 19.0 Å². The van der Waals surface area contributed by atoms with Crippen molar-refractivity contribution < 1.29 is 4.79 Å². The smallest absolute Gasteiger partial charge is 0.220 e. The van der Waals surface area contributed by atoms with Gasteiger partial charge in [0.2, 0.25) is 5.91 Å². The van der Waals surface area contributed by atoms with Crippen molar-refractivity contribution in [3.05, 3.63) is 0 Å². The lowest BCUT2D eigenvalue weighted by Gasteiger charge is -2.27. The quantitative estimate of drug-likeness (QED) is 0.717. The van der Waals surface area contributed by atoms with Crippen LogP contribution in [0.1, 0.15) is 65.7 Å². The van der Waals surface area contributed by atoms with Crippen molar-refractivity contribution in [1.82, 2.24) is 5.32 Å². The number of carbonyl (C=O) groups is 1. The second-order valence-electron chi connectivity index (χ2n) is 7.06. The van der Waals surface area contributed by atoms with E-state index in [1.54, 1.807) is 0 Å². The number of carbonyl (C=O) groups excluding carboxylic acids is 1. The van der Waals surface area contributed by atoms with E-state index >= 15 is 0 Å². The lowest BCUT2D eigenvalue weighted by Crippen LogP contribution is -2.31. The number of nitrogens with one attached hydrogen (secondary N) is 1. The highest BCUT2D eigenvalue weighted by Crippen LogP contribution is 2.28. The molecule has 0 bridgehead atoms. The van der Waals surface area contributed by atoms with E-state index in [4.69, 9.17) is 5.73 Å². The van der Waals surface area contributed by atoms with Gasteiger partial charge in [-0.3, -0.25) is 4.79 Å². The Morgan fingerprint density at radius 2 is 2.05 bits per heavy atom. The number of amides is 1. The molecule has 0 aromatic carbocycles. The van der Waals surface area contributed by atoms with Gasteiger partial charge in [-0.05, 0) is 55.9 Å². The van der Waals surface area contributed by atoms with Crippen LogP contribution in [0.2, 0.25) is 0 Å². The molecule has 1 amide bonds. The highest BCUT2D eigenvalue weighted by atomic mass is 16.1. The molecule has 3 unspecified atom stereocenters. The van der Waals surface area contributed by atoms with Gasteiger partial charge in [-0.15, -0.1) is 0 Å². The molecule has 0 radical (unpaired) electrons. The van der Waals surface area contributed by atoms with Crippen molar-refractivity contribution in [1.29, 1.82) is 0 Å². The van der Waals surface area contributed by atoms with Crippen molar-refractivity contribution in [3.63, 3.8) is 0 Å². The topological polar surface area (TPSA) is 55.1 Å². The van der Waals surface area contributed by atoms with Gasteiger partial charge in [0.15, 0.2) is 0 Å². The molecule has 0 spiro atoms. The van der Waals surface area contributed by atoms with Gasteiger partial charge in [0.25, 0.3) is 0 Å². The lowest BCUT2D eigenvalue weighted by molar-refractivity contribution is -0.121. The van der Waals surface area contributed by atoms with Gasteiger partial charge < -0.3 is 11.1 Å². The van der Waals surface area contributed by atoms with Crippen LogP contribution in [0.5, 0.6) is 0 Å². The van der Waals surface area contributed by atoms with Gasteiger partial charge in [-0.1, -0.05) is 33.6 Å². The predicted molar refractivity (Wildman–Crippen MR) is 85.4 cm³/mol. The highest BCUT2D eigenvalue weighted by Gasteiger charge is 2.19. The van der Waals surface area contributed by atoms with Crippen molar-refractivity contribution >= 4 is 5.91 Å². The summed E-state index contributed by atoms with van der Waals surface area (Å²) >= 11 is 0. The van der Waals surface area contributed by atoms with Crippen LogP contribution < -0.4 is 11.1 Å². The fraction of sp³-hybridized carbons (Fsp3) is 0.941. The maximum Gasteiger partial charge on any atom is 0.220 e. The Balaban J connectivity index is 2.19. The first-order valence-electron chi connectivity index (χ1n) is 8.49. The second kappa shape index (κ2) is 9.38. The Labute approximate surface area is 125 Å². The third kappa shape index (κ3) is 6.74. The number of hydrogen-bond donors (Lipinski definition) is 2. The van der Waals surface area contributed by atoms with E-state index < -0.39 is 0 Å². The first kappa shape index (κ1) is 17.5. The maximum atomic E-state index is 12.0. The molecule has 0 aliphatic heterocycles. The third-order valence-electron chi connectivity index (χ3n) is 4.86. The van der Waals surface area contributed by atoms with Crippen molar-refractivity contribution in [3.8, 4) is 0 Å². The predicted octanol–water partition coefficient (Wildman–Crippen LogP) is 3.33. The van der Waals surface area contributed by atoms with E-state index in [1.807, 2.05) is 0 Å². The molecule has 3 N–H and O–H groups in total. The minimum absolute atomic E-state index is 0.228. The zero-order valence-corrected chi connectivity index (χ0v) is 13.7. The molecule has 3 atom stereocenters. The normalized spacial score (nSPS) is 24.6. The van der Waals surface area contributed by atoms with Crippen molar-refractivity contribution in [2.24, 2.45) is 29.4 Å². The maximum absolute atomic E-state index is 12.0. The van der Waals surface area contributed by atoms with Gasteiger partial charge in [0.05, 0.1) is 0 Å². The molecule has 0 aromatic rings. The van der Waals surface area contributed by atoms with E-state index in [-0.39, 0.29) is 5.91 Å². The summed E-state index contributed by atoms with van der Waals surface area (Å²) in [6.07, 6.45) is 7.92. The molecule has 0 saturated heterocycles. The minimum atomic E-state index is 0.228. The minimum Gasteiger partial charge on any atom is -0.356 e.